The van der Waals surface area contributed by atoms with E-state index in [1.54, 1.807) is 31.2 Å². The van der Waals surface area contributed by atoms with Crippen molar-refractivity contribution in [2.24, 2.45) is 0 Å². The van der Waals surface area contributed by atoms with Crippen LogP contribution in [0.5, 0.6) is 0 Å². The molecule has 0 unspecified atom stereocenters. The summed E-state index contributed by atoms with van der Waals surface area (Å²) in [4.78, 5) is 23.7. The van der Waals surface area contributed by atoms with Crippen molar-refractivity contribution in [1.29, 1.82) is 0 Å². The van der Waals surface area contributed by atoms with E-state index in [1.807, 2.05) is 20.8 Å². The average molecular weight is 285 g/mol. The molecule has 0 aliphatic heterocycles. The minimum Gasteiger partial charge on any atom is -0.326 e. The quantitative estimate of drug-likeness (QED) is 0.943. The molecule has 1 heterocycles. The van der Waals surface area contributed by atoms with Crippen molar-refractivity contribution in [2.75, 3.05) is 5.32 Å². The molecule has 2 rings (SSSR count). The number of carbonyl (C=O) groups is 2. The molecule has 1 aromatic carbocycles. The molecule has 0 atom stereocenters. The first kappa shape index (κ1) is 15.0. The van der Waals surface area contributed by atoms with Gasteiger partial charge in [0.15, 0.2) is 0 Å². The van der Waals surface area contributed by atoms with Crippen LogP contribution in [-0.2, 0) is 4.79 Å². The van der Waals surface area contributed by atoms with Crippen molar-refractivity contribution in [3.05, 3.63) is 46.8 Å². The van der Waals surface area contributed by atoms with E-state index in [4.69, 9.17) is 0 Å². The second-order valence-electron chi connectivity index (χ2n) is 4.99. The molecule has 5 heteroatoms. The monoisotopic (exact) mass is 285 g/mol. The van der Waals surface area contributed by atoms with E-state index in [-0.39, 0.29) is 11.8 Å². The van der Waals surface area contributed by atoms with Crippen LogP contribution in [0.25, 0.3) is 0 Å². The zero-order valence-electron chi connectivity index (χ0n) is 12.7. The fourth-order valence-electron chi connectivity index (χ4n) is 1.99. The Morgan fingerprint density at radius 2 is 1.76 bits per heavy atom. The van der Waals surface area contributed by atoms with Gasteiger partial charge in [0.25, 0.3) is 5.91 Å². The van der Waals surface area contributed by atoms with Crippen LogP contribution in [-0.4, -0.2) is 21.6 Å². The van der Waals surface area contributed by atoms with Gasteiger partial charge < -0.3 is 5.32 Å². The molecule has 0 aliphatic carbocycles. The SMILES string of the molecule is CCC(=O)Nc1ccc(C(=O)n2nc(C)c(C)c2C)cc1. The summed E-state index contributed by atoms with van der Waals surface area (Å²) in [5.41, 5.74) is 3.95. The van der Waals surface area contributed by atoms with E-state index in [1.165, 1.54) is 4.68 Å². The summed E-state index contributed by atoms with van der Waals surface area (Å²) in [6.07, 6.45) is 0.422. The molecule has 2 aromatic rings. The summed E-state index contributed by atoms with van der Waals surface area (Å²) in [5, 5.41) is 7.02. The number of amides is 1. The van der Waals surface area contributed by atoms with Gasteiger partial charge in [-0.3, -0.25) is 9.59 Å². The molecule has 0 bridgehead atoms. The van der Waals surface area contributed by atoms with Crippen molar-refractivity contribution >= 4 is 17.5 Å². The number of rotatable bonds is 3. The van der Waals surface area contributed by atoms with Crippen LogP contribution < -0.4 is 5.32 Å². The Labute approximate surface area is 124 Å². The van der Waals surface area contributed by atoms with Crippen molar-refractivity contribution in [3.8, 4) is 0 Å². The molecule has 0 fully saturated rings. The number of aromatic nitrogens is 2. The Morgan fingerprint density at radius 3 is 2.24 bits per heavy atom. The van der Waals surface area contributed by atoms with Gasteiger partial charge in [-0.05, 0) is 50.6 Å². The van der Waals surface area contributed by atoms with E-state index >= 15 is 0 Å². The second-order valence-corrected chi connectivity index (χ2v) is 4.99. The van der Waals surface area contributed by atoms with Crippen LogP contribution in [0.3, 0.4) is 0 Å². The van der Waals surface area contributed by atoms with Gasteiger partial charge in [-0.2, -0.15) is 5.10 Å². The highest BCUT2D eigenvalue weighted by Crippen LogP contribution is 2.15. The Balaban J connectivity index is 2.24. The fourth-order valence-corrected chi connectivity index (χ4v) is 1.99. The predicted molar refractivity (Wildman–Crippen MR) is 81.5 cm³/mol. The normalized spacial score (nSPS) is 10.5. The minimum atomic E-state index is -0.169. The molecule has 1 N–H and O–H groups in total. The Kier molecular flexibility index (Phi) is 4.21. The maximum absolute atomic E-state index is 12.4. The van der Waals surface area contributed by atoms with Crippen molar-refractivity contribution in [1.82, 2.24) is 9.78 Å². The third-order valence-corrected chi connectivity index (χ3v) is 3.58. The van der Waals surface area contributed by atoms with Crippen LogP contribution >= 0.6 is 0 Å². The van der Waals surface area contributed by atoms with Crippen LogP contribution in [0.2, 0.25) is 0 Å². The molecule has 0 saturated carbocycles. The van der Waals surface area contributed by atoms with Gasteiger partial charge in [-0.25, -0.2) is 4.68 Å². The van der Waals surface area contributed by atoms with E-state index < -0.39 is 0 Å². The third-order valence-electron chi connectivity index (χ3n) is 3.58. The average Bonchev–Trinajstić information content (AvgIpc) is 2.75. The molecule has 0 radical (unpaired) electrons. The molecular formula is C16H19N3O2. The van der Waals surface area contributed by atoms with Crippen molar-refractivity contribution < 1.29 is 9.59 Å². The topological polar surface area (TPSA) is 64.0 Å². The van der Waals surface area contributed by atoms with Gasteiger partial charge in [0, 0.05) is 23.4 Å². The molecule has 0 spiro atoms. The summed E-state index contributed by atoms with van der Waals surface area (Å²) in [6.45, 7) is 7.50. The zero-order chi connectivity index (χ0) is 15.6. The van der Waals surface area contributed by atoms with Crippen LogP contribution in [0.1, 0.15) is 40.7 Å². The second kappa shape index (κ2) is 5.91. The highest BCUT2D eigenvalue weighted by atomic mass is 16.2. The third kappa shape index (κ3) is 3.02. The highest BCUT2D eigenvalue weighted by molar-refractivity contribution is 5.97. The summed E-state index contributed by atoms with van der Waals surface area (Å²) in [6, 6.07) is 6.83. The Hall–Kier alpha value is -2.43. The van der Waals surface area contributed by atoms with Crippen LogP contribution in [0.15, 0.2) is 24.3 Å². The van der Waals surface area contributed by atoms with Gasteiger partial charge in [-0.15, -0.1) is 0 Å². The molecular weight excluding hydrogens is 266 g/mol. The number of carbonyl (C=O) groups excluding carboxylic acids is 2. The lowest BCUT2D eigenvalue weighted by molar-refractivity contribution is -0.115. The number of hydrogen-bond acceptors (Lipinski definition) is 3. The van der Waals surface area contributed by atoms with Gasteiger partial charge >= 0.3 is 0 Å². The first-order valence-corrected chi connectivity index (χ1v) is 6.91. The van der Waals surface area contributed by atoms with E-state index in [0.29, 0.717) is 17.7 Å². The maximum Gasteiger partial charge on any atom is 0.278 e. The molecule has 0 aliphatic rings. The molecule has 110 valence electrons. The molecule has 21 heavy (non-hydrogen) atoms. The minimum absolute atomic E-state index is 0.0525. The first-order chi connectivity index (χ1) is 9.93. The van der Waals surface area contributed by atoms with E-state index in [2.05, 4.69) is 10.4 Å². The molecule has 0 saturated heterocycles. The fraction of sp³-hybridized carbons (Fsp3) is 0.312. The van der Waals surface area contributed by atoms with E-state index in [9.17, 15) is 9.59 Å². The lowest BCUT2D eigenvalue weighted by Crippen LogP contribution is -2.15. The summed E-state index contributed by atoms with van der Waals surface area (Å²) in [5.74, 6) is -0.222. The van der Waals surface area contributed by atoms with Gasteiger partial charge in [-0.1, -0.05) is 6.92 Å². The van der Waals surface area contributed by atoms with Gasteiger partial charge in [0.1, 0.15) is 0 Å². The maximum atomic E-state index is 12.4. The van der Waals surface area contributed by atoms with Crippen LogP contribution in [0, 0.1) is 20.8 Å². The Morgan fingerprint density at radius 1 is 1.14 bits per heavy atom. The Bertz CT molecular complexity index is 684. The predicted octanol–water partition coefficient (Wildman–Crippen LogP) is 2.85. The number of anilines is 1. The lowest BCUT2D eigenvalue weighted by atomic mass is 10.2. The van der Waals surface area contributed by atoms with E-state index in [0.717, 1.165) is 17.0 Å². The molecule has 5 nitrogen and oxygen atoms in total. The highest BCUT2D eigenvalue weighted by Gasteiger charge is 2.15. The summed E-state index contributed by atoms with van der Waals surface area (Å²) < 4.78 is 1.42. The number of benzene rings is 1. The van der Waals surface area contributed by atoms with Gasteiger partial charge in [0.2, 0.25) is 5.91 Å². The summed E-state index contributed by atoms with van der Waals surface area (Å²) >= 11 is 0. The van der Waals surface area contributed by atoms with Crippen molar-refractivity contribution in [3.63, 3.8) is 0 Å². The number of hydrogen-bond donors (Lipinski definition) is 1. The molecule has 1 amide bonds. The smallest absolute Gasteiger partial charge is 0.278 e. The van der Waals surface area contributed by atoms with Crippen LogP contribution in [0.4, 0.5) is 5.69 Å². The van der Waals surface area contributed by atoms with Gasteiger partial charge in [0.05, 0.1) is 5.69 Å². The van der Waals surface area contributed by atoms with Crippen molar-refractivity contribution in [2.45, 2.75) is 34.1 Å². The number of nitrogens with zero attached hydrogens (tertiary/aromatic N) is 2. The lowest BCUT2D eigenvalue weighted by Gasteiger charge is -2.06. The number of nitrogens with one attached hydrogen (secondary N) is 1. The largest absolute Gasteiger partial charge is 0.326 e. The first-order valence-electron chi connectivity index (χ1n) is 6.91. The number of aryl methyl sites for hydroxylation is 1. The molecule has 1 aromatic heterocycles. The standard InChI is InChI=1S/C16H19N3O2/c1-5-15(20)17-14-8-6-13(7-9-14)16(21)19-12(4)10(2)11(3)18-19/h6-9H,5H2,1-4H3,(H,17,20). The zero-order valence-corrected chi connectivity index (χ0v) is 12.7. The summed E-state index contributed by atoms with van der Waals surface area (Å²) in [7, 11) is 0.